The zero-order chi connectivity index (χ0) is 20.9. The summed E-state index contributed by atoms with van der Waals surface area (Å²) >= 11 is 0. The molecular weight excluding hydrogens is 362 g/mol. The van der Waals surface area contributed by atoms with E-state index < -0.39 is 5.41 Å². The van der Waals surface area contributed by atoms with Crippen LogP contribution in [0.25, 0.3) is 11.1 Å². The number of hydrogen-bond donors (Lipinski definition) is 1. The molecule has 0 unspecified atom stereocenters. The Kier molecular flexibility index (Phi) is 6.68. The standard InChI is InChI=1S/C24H31N3O2/c1-4-22(28)27-14-8-12-24(17-27,23(29)26-18(2)3)15-19-9-5-6-11-21(19)20-10-7-13-25-16-20/h5-7,9-11,13,16,18H,4,8,12,14-15,17H2,1-3H3,(H,26,29)/t24-/m0/s1. The van der Waals surface area contributed by atoms with E-state index in [-0.39, 0.29) is 17.9 Å². The van der Waals surface area contributed by atoms with E-state index in [4.69, 9.17) is 0 Å². The molecule has 5 heteroatoms. The van der Waals surface area contributed by atoms with Crippen molar-refractivity contribution in [2.24, 2.45) is 5.41 Å². The lowest BCUT2D eigenvalue weighted by molar-refractivity contribution is -0.141. The Balaban J connectivity index is 1.98. The first-order chi connectivity index (χ1) is 13.9. The van der Waals surface area contributed by atoms with Crippen molar-refractivity contribution in [1.82, 2.24) is 15.2 Å². The van der Waals surface area contributed by atoms with Gasteiger partial charge in [-0.15, -0.1) is 0 Å². The second kappa shape index (κ2) is 9.21. The molecule has 1 aliphatic heterocycles. The third kappa shape index (κ3) is 4.84. The zero-order valence-electron chi connectivity index (χ0n) is 17.6. The molecule has 0 saturated carbocycles. The van der Waals surface area contributed by atoms with Crippen LogP contribution in [0.1, 0.15) is 45.6 Å². The van der Waals surface area contributed by atoms with E-state index in [1.54, 1.807) is 6.20 Å². The van der Waals surface area contributed by atoms with Crippen molar-refractivity contribution >= 4 is 11.8 Å². The average Bonchev–Trinajstić information content (AvgIpc) is 2.74. The molecule has 1 atom stereocenters. The van der Waals surface area contributed by atoms with Crippen LogP contribution in [-0.2, 0) is 16.0 Å². The van der Waals surface area contributed by atoms with E-state index in [1.165, 1.54) is 0 Å². The predicted octanol–water partition coefficient (Wildman–Crippen LogP) is 3.83. The molecule has 2 amide bonds. The number of rotatable bonds is 6. The Morgan fingerprint density at radius 2 is 2.00 bits per heavy atom. The summed E-state index contributed by atoms with van der Waals surface area (Å²) in [6, 6.07) is 12.2. The molecule has 29 heavy (non-hydrogen) atoms. The summed E-state index contributed by atoms with van der Waals surface area (Å²) < 4.78 is 0. The molecule has 0 bridgehead atoms. The summed E-state index contributed by atoms with van der Waals surface area (Å²) in [7, 11) is 0. The highest BCUT2D eigenvalue weighted by Crippen LogP contribution is 2.37. The number of piperidine rings is 1. The molecule has 1 N–H and O–H groups in total. The minimum atomic E-state index is -0.619. The fourth-order valence-electron chi connectivity index (χ4n) is 4.24. The van der Waals surface area contributed by atoms with Crippen molar-refractivity contribution in [2.45, 2.75) is 52.5 Å². The minimum absolute atomic E-state index is 0.0436. The Morgan fingerprint density at radius 1 is 1.21 bits per heavy atom. The molecule has 3 rings (SSSR count). The fraction of sp³-hybridized carbons (Fsp3) is 0.458. The van der Waals surface area contributed by atoms with E-state index in [0.717, 1.165) is 36.1 Å². The second-order valence-corrected chi connectivity index (χ2v) is 8.26. The number of hydrogen-bond acceptors (Lipinski definition) is 3. The molecule has 2 aromatic rings. The van der Waals surface area contributed by atoms with Crippen LogP contribution in [-0.4, -0.2) is 40.8 Å². The first kappa shape index (κ1) is 21.0. The number of carbonyl (C=O) groups is 2. The molecule has 154 valence electrons. The summed E-state index contributed by atoms with van der Waals surface area (Å²) in [6.45, 7) is 7.04. The number of benzene rings is 1. The summed E-state index contributed by atoms with van der Waals surface area (Å²) in [5.41, 5.74) is 2.63. The van der Waals surface area contributed by atoms with Gasteiger partial charge in [0.25, 0.3) is 0 Å². The minimum Gasteiger partial charge on any atom is -0.353 e. The van der Waals surface area contributed by atoms with Gasteiger partial charge < -0.3 is 10.2 Å². The third-order valence-electron chi connectivity index (χ3n) is 5.65. The maximum atomic E-state index is 13.4. The molecule has 2 heterocycles. The van der Waals surface area contributed by atoms with E-state index in [0.29, 0.717) is 19.4 Å². The lowest BCUT2D eigenvalue weighted by Crippen LogP contribution is -2.55. The summed E-state index contributed by atoms with van der Waals surface area (Å²) in [5, 5.41) is 3.12. The SMILES string of the molecule is CCC(=O)N1CCC[C@@](Cc2ccccc2-c2cccnc2)(C(=O)NC(C)C)C1. The molecule has 1 saturated heterocycles. The summed E-state index contributed by atoms with van der Waals surface area (Å²) in [6.07, 6.45) is 6.30. The predicted molar refractivity (Wildman–Crippen MR) is 115 cm³/mol. The molecule has 5 nitrogen and oxygen atoms in total. The number of aromatic nitrogens is 1. The molecule has 0 radical (unpaired) electrons. The molecular formula is C24H31N3O2. The number of pyridine rings is 1. The van der Waals surface area contributed by atoms with Crippen molar-refractivity contribution in [3.05, 3.63) is 54.4 Å². The highest BCUT2D eigenvalue weighted by Gasteiger charge is 2.43. The molecule has 0 aliphatic carbocycles. The Labute approximate surface area is 173 Å². The van der Waals surface area contributed by atoms with Crippen molar-refractivity contribution < 1.29 is 9.59 Å². The molecule has 1 aromatic carbocycles. The van der Waals surface area contributed by atoms with E-state index in [1.807, 2.05) is 56.1 Å². The van der Waals surface area contributed by atoms with E-state index in [9.17, 15) is 9.59 Å². The third-order valence-corrected chi connectivity index (χ3v) is 5.65. The van der Waals surface area contributed by atoms with Gasteiger partial charge in [0.2, 0.25) is 11.8 Å². The Morgan fingerprint density at radius 3 is 2.69 bits per heavy atom. The van der Waals surface area contributed by atoms with Gasteiger partial charge in [-0.2, -0.15) is 0 Å². The fourth-order valence-corrected chi connectivity index (χ4v) is 4.24. The van der Waals surface area contributed by atoms with Gasteiger partial charge in [0.1, 0.15) is 0 Å². The quantitative estimate of drug-likeness (QED) is 0.811. The van der Waals surface area contributed by atoms with Gasteiger partial charge in [0, 0.05) is 43.5 Å². The summed E-state index contributed by atoms with van der Waals surface area (Å²) in [5.74, 6) is 0.161. The van der Waals surface area contributed by atoms with Gasteiger partial charge in [0.15, 0.2) is 0 Å². The Hall–Kier alpha value is -2.69. The first-order valence-electron chi connectivity index (χ1n) is 10.5. The average molecular weight is 394 g/mol. The zero-order valence-corrected chi connectivity index (χ0v) is 17.6. The lowest BCUT2D eigenvalue weighted by Gasteiger charge is -2.42. The maximum absolute atomic E-state index is 13.4. The van der Waals surface area contributed by atoms with E-state index in [2.05, 4.69) is 22.4 Å². The molecule has 1 fully saturated rings. The van der Waals surface area contributed by atoms with Crippen LogP contribution in [0, 0.1) is 5.41 Å². The summed E-state index contributed by atoms with van der Waals surface area (Å²) in [4.78, 5) is 31.9. The number of carbonyl (C=O) groups excluding carboxylic acids is 2. The molecule has 0 spiro atoms. The van der Waals surface area contributed by atoms with Crippen LogP contribution in [0.15, 0.2) is 48.8 Å². The number of nitrogens with zero attached hydrogens (tertiary/aromatic N) is 2. The van der Waals surface area contributed by atoms with Crippen molar-refractivity contribution in [3.63, 3.8) is 0 Å². The van der Waals surface area contributed by atoms with Gasteiger partial charge in [-0.3, -0.25) is 14.6 Å². The maximum Gasteiger partial charge on any atom is 0.228 e. The molecule has 1 aromatic heterocycles. The molecule has 1 aliphatic rings. The smallest absolute Gasteiger partial charge is 0.228 e. The van der Waals surface area contributed by atoms with E-state index >= 15 is 0 Å². The van der Waals surface area contributed by atoms with Gasteiger partial charge in [-0.25, -0.2) is 0 Å². The number of likely N-dealkylation sites (tertiary alicyclic amines) is 1. The topological polar surface area (TPSA) is 62.3 Å². The van der Waals surface area contributed by atoms with Crippen LogP contribution < -0.4 is 5.32 Å². The number of amides is 2. The van der Waals surface area contributed by atoms with Crippen molar-refractivity contribution in [1.29, 1.82) is 0 Å². The first-order valence-corrected chi connectivity index (χ1v) is 10.5. The number of nitrogens with one attached hydrogen (secondary N) is 1. The van der Waals surface area contributed by atoms with Gasteiger partial charge in [0.05, 0.1) is 5.41 Å². The van der Waals surface area contributed by atoms with Gasteiger partial charge in [-0.1, -0.05) is 37.3 Å². The lowest BCUT2D eigenvalue weighted by atomic mass is 9.73. The highest BCUT2D eigenvalue weighted by atomic mass is 16.2. The van der Waals surface area contributed by atoms with Crippen LogP contribution in [0.3, 0.4) is 0 Å². The van der Waals surface area contributed by atoms with Crippen LogP contribution in [0.5, 0.6) is 0 Å². The van der Waals surface area contributed by atoms with Crippen molar-refractivity contribution in [3.8, 4) is 11.1 Å². The van der Waals surface area contributed by atoms with Crippen molar-refractivity contribution in [2.75, 3.05) is 13.1 Å². The highest BCUT2D eigenvalue weighted by molar-refractivity contribution is 5.85. The van der Waals surface area contributed by atoms with Crippen LogP contribution in [0.4, 0.5) is 0 Å². The second-order valence-electron chi connectivity index (χ2n) is 8.26. The normalized spacial score (nSPS) is 19.2. The largest absolute Gasteiger partial charge is 0.353 e. The van der Waals surface area contributed by atoms with Gasteiger partial charge in [-0.05, 0) is 50.3 Å². The van der Waals surface area contributed by atoms with Crippen LogP contribution >= 0.6 is 0 Å². The monoisotopic (exact) mass is 393 g/mol. The Bertz CT molecular complexity index is 850. The van der Waals surface area contributed by atoms with Crippen LogP contribution in [0.2, 0.25) is 0 Å². The van der Waals surface area contributed by atoms with Gasteiger partial charge >= 0.3 is 0 Å².